The standard InChI is InChI=1S/C24H26N6O2/c1-15-18(4-5-19-20(15)14-32-23(19)31)22-13-29(9-7-25-22)12-16-10-26-24(27-11-16)30-8-6-21(28-30)17-2-3-17/h4-6,8,10-11,17,22,25H,2-3,7,9,12-14H2,1H3. The van der Waals surface area contributed by atoms with Gasteiger partial charge in [0.1, 0.15) is 6.61 Å². The van der Waals surface area contributed by atoms with Crippen LogP contribution >= 0.6 is 0 Å². The van der Waals surface area contributed by atoms with Gasteiger partial charge in [-0.2, -0.15) is 5.10 Å². The molecule has 2 aliphatic heterocycles. The van der Waals surface area contributed by atoms with Crippen molar-refractivity contribution >= 4 is 5.97 Å². The van der Waals surface area contributed by atoms with Crippen LogP contribution in [-0.4, -0.2) is 50.3 Å². The van der Waals surface area contributed by atoms with Crippen molar-refractivity contribution < 1.29 is 9.53 Å². The van der Waals surface area contributed by atoms with Gasteiger partial charge in [0.2, 0.25) is 5.95 Å². The third kappa shape index (κ3) is 3.59. The fourth-order valence-corrected chi connectivity index (χ4v) is 4.76. The molecule has 1 saturated carbocycles. The molecule has 164 valence electrons. The van der Waals surface area contributed by atoms with Gasteiger partial charge in [-0.1, -0.05) is 6.07 Å². The number of hydrogen-bond donors (Lipinski definition) is 1. The van der Waals surface area contributed by atoms with Gasteiger partial charge in [-0.25, -0.2) is 19.4 Å². The minimum absolute atomic E-state index is 0.213. The predicted octanol–water partition coefficient (Wildman–Crippen LogP) is 2.67. The smallest absolute Gasteiger partial charge is 0.338 e. The summed E-state index contributed by atoms with van der Waals surface area (Å²) in [5.41, 5.74) is 6.36. The molecule has 0 spiro atoms. The second kappa shape index (κ2) is 7.79. The number of benzene rings is 1. The predicted molar refractivity (Wildman–Crippen MR) is 117 cm³/mol. The molecule has 1 N–H and O–H groups in total. The van der Waals surface area contributed by atoms with Crippen LogP contribution < -0.4 is 5.32 Å². The van der Waals surface area contributed by atoms with Crippen LogP contribution in [0.3, 0.4) is 0 Å². The van der Waals surface area contributed by atoms with E-state index in [4.69, 9.17) is 4.74 Å². The van der Waals surface area contributed by atoms with Gasteiger partial charge < -0.3 is 10.1 Å². The normalized spacial score (nSPS) is 20.9. The van der Waals surface area contributed by atoms with E-state index >= 15 is 0 Å². The topological polar surface area (TPSA) is 85.2 Å². The summed E-state index contributed by atoms with van der Waals surface area (Å²) in [5, 5.41) is 8.24. The molecule has 1 aliphatic carbocycles. The van der Waals surface area contributed by atoms with Crippen LogP contribution in [0.25, 0.3) is 5.95 Å². The maximum absolute atomic E-state index is 11.8. The Morgan fingerprint density at radius 1 is 1.19 bits per heavy atom. The number of rotatable bonds is 5. The number of nitrogens with one attached hydrogen (secondary N) is 1. The average Bonchev–Trinajstić information content (AvgIpc) is 3.42. The van der Waals surface area contributed by atoms with E-state index < -0.39 is 0 Å². The quantitative estimate of drug-likeness (QED) is 0.623. The number of carbonyl (C=O) groups is 1. The van der Waals surface area contributed by atoms with Crippen LogP contribution in [0.1, 0.15) is 63.1 Å². The highest BCUT2D eigenvalue weighted by atomic mass is 16.5. The fourth-order valence-electron chi connectivity index (χ4n) is 4.76. The van der Waals surface area contributed by atoms with Crippen LogP contribution in [0, 0.1) is 6.92 Å². The molecule has 8 heteroatoms. The van der Waals surface area contributed by atoms with Crippen molar-refractivity contribution in [3.8, 4) is 5.95 Å². The largest absolute Gasteiger partial charge is 0.457 e. The minimum atomic E-state index is -0.213. The molecular weight excluding hydrogens is 404 g/mol. The number of ether oxygens (including phenoxy) is 1. The van der Waals surface area contributed by atoms with Crippen LogP contribution in [0.15, 0.2) is 36.8 Å². The molecule has 0 amide bonds. The van der Waals surface area contributed by atoms with Crippen LogP contribution in [0.2, 0.25) is 0 Å². The summed E-state index contributed by atoms with van der Waals surface area (Å²) >= 11 is 0. The summed E-state index contributed by atoms with van der Waals surface area (Å²) in [6, 6.07) is 6.26. The third-order valence-electron chi connectivity index (χ3n) is 6.75. The monoisotopic (exact) mass is 430 g/mol. The Morgan fingerprint density at radius 3 is 2.84 bits per heavy atom. The van der Waals surface area contributed by atoms with Gasteiger partial charge in [-0.3, -0.25) is 4.90 Å². The maximum atomic E-state index is 11.8. The first-order chi connectivity index (χ1) is 15.7. The van der Waals surface area contributed by atoms with Crippen molar-refractivity contribution in [2.45, 2.75) is 44.9 Å². The van der Waals surface area contributed by atoms with E-state index in [1.54, 1.807) is 4.68 Å². The van der Waals surface area contributed by atoms with Gasteiger partial charge in [0, 0.05) is 67.9 Å². The number of piperazine rings is 1. The lowest BCUT2D eigenvalue weighted by atomic mass is 9.93. The highest BCUT2D eigenvalue weighted by molar-refractivity contribution is 5.94. The van der Waals surface area contributed by atoms with Crippen LogP contribution in [0.5, 0.6) is 0 Å². The maximum Gasteiger partial charge on any atom is 0.338 e. The second-order valence-corrected chi connectivity index (χ2v) is 8.97. The third-order valence-corrected chi connectivity index (χ3v) is 6.75. The van der Waals surface area contributed by atoms with E-state index in [0.29, 0.717) is 24.0 Å². The Morgan fingerprint density at radius 2 is 2.03 bits per heavy atom. The van der Waals surface area contributed by atoms with Crippen molar-refractivity contribution in [1.82, 2.24) is 30.0 Å². The van der Waals surface area contributed by atoms with Gasteiger partial charge >= 0.3 is 5.97 Å². The van der Waals surface area contributed by atoms with E-state index in [1.807, 2.05) is 24.7 Å². The summed E-state index contributed by atoms with van der Waals surface area (Å²) in [6.45, 7) is 6.04. The number of cyclic esters (lactones) is 1. The summed E-state index contributed by atoms with van der Waals surface area (Å²) in [4.78, 5) is 23.4. The highest BCUT2D eigenvalue weighted by Crippen LogP contribution is 2.39. The van der Waals surface area contributed by atoms with Crippen molar-refractivity contribution in [3.63, 3.8) is 0 Å². The Labute approximate surface area is 186 Å². The molecule has 1 saturated heterocycles. The van der Waals surface area contributed by atoms with E-state index in [9.17, 15) is 4.79 Å². The molecule has 2 aromatic heterocycles. The molecule has 0 radical (unpaired) electrons. The molecule has 0 bridgehead atoms. The fraction of sp³-hybridized carbons (Fsp3) is 0.417. The lowest BCUT2D eigenvalue weighted by molar-refractivity contribution is 0.0535. The zero-order chi connectivity index (χ0) is 21.7. The summed E-state index contributed by atoms with van der Waals surface area (Å²) in [6.07, 6.45) is 8.22. The molecule has 4 heterocycles. The lowest BCUT2D eigenvalue weighted by Gasteiger charge is -2.34. The SMILES string of the molecule is Cc1c(C2CN(Cc3cnc(-n4ccc(C5CC5)n4)nc3)CCN2)ccc2c1COC2=O. The van der Waals surface area contributed by atoms with Crippen LogP contribution in [-0.2, 0) is 17.9 Å². The number of fused-ring (bicyclic) bond motifs is 1. The average molecular weight is 431 g/mol. The number of carbonyl (C=O) groups excluding carboxylic acids is 1. The Kier molecular flexibility index (Phi) is 4.77. The molecule has 1 atom stereocenters. The Bertz CT molecular complexity index is 1170. The minimum Gasteiger partial charge on any atom is -0.457 e. The second-order valence-electron chi connectivity index (χ2n) is 8.97. The van der Waals surface area contributed by atoms with Crippen molar-refractivity contribution in [1.29, 1.82) is 0 Å². The summed E-state index contributed by atoms with van der Waals surface area (Å²) in [7, 11) is 0. The Balaban J connectivity index is 1.14. The molecule has 2 fully saturated rings. The molecule has 3 aliphatic rings. The van der Waals surface area contributed by atoms with E-state index in [1.165, 1.54) is 18.4 Å². The highest BCUT2D eigenvalue weighted by Gasteiger charge is 2.28. The first-order valence-electron chi connectivity index (χ1n) is 11.3. The number of esters is 1. The van der Waals surface area contributed by atoms with Crippen molar-refractivity contribution in [3.05, 3.63) is 70.3 Å². The van der Waals surface area contributed by atoms with Gasteiger partial charge in [0.15, 0.2) is 0 Å². The first kappa shape index (κ1) is 19.6. The summed E-state index contributed by atoms with van der Waals surface area (Å²) in [5.74, 6) is 1.03. The van der Waals surface area contributed by atoms with E-state index in [2.05, 4.69) is 44.3 Å². The summed E-state index contributed by atoms with van der Waals surface area (Å²) < 4.78 is 6.98. The van der Waals surface area contributed by atoms with Crippen molar-refractivity contribution in [2.24, 2.45) is 0 Å². The first-order valence-corrected chi connectivity index (χ1v) is 11.3. The van der Waals surface area contributed by atoms with Crippen LogP contribution in [0.4, 0.5) is 0 Å². The number of hydrogen-bond acceptors (Lipinski definition) is 7. The van der Waals surface area contributed by atoms with Crippen molar-refractivity contribution in [2.75, 3.05) is 19.6 Å². The number of nitrogens with zero attached hydrogens (tertiary/aromatic N) is 5. The van der Waals surface area contributed by atoms with Gasteiger partial charge in [-0.15, -0.1) is 0 Å². The molecule has 8 nitrogen and oxygen atoms in total. The van der Waals surface area contributed by atoms with Gasteiger partial charge in [-0.05, 0) is 43.0 Å². The van der Waals surface area contributed by atoms with Gasteiger partial charge in [0.05, 0.1) is 11.3 Å². The zero-order valence-corrected chi connectivity index (χ0v) is 18.1. The molecular formula is C24H26N6O2. The lowest BCUT2D eigenvalue weighted by Crippen LogP contribution is -2.45. The molecule has 32 heavy (non-hydrogen) atoms. The molecule has 6 rings (SSSR count). The number of aromatic nitrogens is 4. The molecule has 1 unspecified atom stereocenters. The molecule has 1 aromatic carbocycles. The van der Waals surface area contributed by atoms with Gasteiger partial charge in [0.25, 0.3) is 0 Å². The molecule has 3 aromatic rings. The van der Waals surface area contributed by atoms with E-state index in [0.717, 1.165) is 48.6 Å². The Hall–Kier alpha value is -3.10. The zero-order valence-electron chi connectivity index (χ0n) is 18.1. The van der Waals surface area contributed by atoms with E-state index in [-0.39, 0.29) is 12.0 Å².